The number of ether oxygens (including phenoxy) is 2. The molecule has 0 aromatic carbocycles. The summed E-state index contributed by atoms with van der Waals surface area (Å²) in [4.78, 5) is 11.8. The second-order valence-corrected chi connectivity index (χ2v) is 6.32. The number of hydrogen-bond donors (Lipinski definition) is 0. The summed E-state index contributed by atoms with van der Waals surface area (Å²) in [6.07, 6.45) is 7.06. The number of carbonyl (C=O) groups excluding carboxylic acids is 1. The van der Waals surface area contributed by atoms with Gasteiger partial charge in [-0.3, -0.25) is 4.79 Å². The van der Waals surface area contributed by atoms with E-state index < -0.39 is 5.79 Å². The maximum absolute atomic E-state index is 11.8. The van der Waals surface area contributed by atoms with Crippen molar-refractivity contribution in [1.82, 2.24) is 0 Å². The zero-order valence-electron chi connectivity index (χ0n) is 13.0. The van der Waals surface area contributed by atoms with Crippen molar-refractivity contribution < 1.29 is 14.3 Å². The second kappa shape index (κ2) is 5.66. The molecule has 0 bridgehead atoms. The van der Waals surface area contributed by atoms with E-state index in [0.29, 0.717) is 6.42 Å². The number of hydrogen-bond acceptors (Lipinski definition) is 3. The predicted octanol–water partition coefficient (Wildman–Crippen LogP) is 3.71. The Kier molecular flexibility index (Phi) is 4.31. The van der Waals surface area contributed by atoms with Gasteiger partial charge in [0.15, 0.2) is 11.6 Å². The topological polar surface area (TPSA) is 35.5 Å². The lowest BCUT2D eigenvalue weighted by Crippen LogP contribution is -2.28. The van der Waals surface area contributed by atoms with Gasteiger partial charge < -0.3 is 9.47 Å². The molecule has 20 heavy (non-hydrogen) atoms. The van der Waals surface area contributed by atoms with Crippen LogP contribution in [0.25, 0.3) is 0 Å². The molecule has 2 atom stereocenters. The molecule has 1 fully saturated rings. The van der Waals surface area contributed by atoms with Crippen molar-refractivity contribution in [3.05, 3.63) is 34.9 Å². The van der Waals surface area contributed by atoms with Crippen molar-refractivity contribution >= 4 is 5.78 Å². The Labute approximate surface area is 121 Å². The van der Waals surface area contributed by atoms with E-state index >= 15 is 0 Å². The fraction of sp³-hybridized carbons (Fsp3) is 0.588. The van der Waals surface area contributed by atoms with Gasteiger partial charge in [-0.2, -0.15) is 0 Å². The summed E-state index contributed by atoms with van der Waals surface area (Å²) >= 11 is 0. The number of allylic oxidation sites excluding steroid dienone is 4. The molecule has 0 aromatic heterocycles. The van der Waals surface area contributed by atoms with Gasteiger partial charge in [0.1, 0.15) is 12.2 Å². The lowest BCUT2D eigenvalue weighted by molar-refractivity contribution is -0.140. The summed E-state index contributed by atoms with van der Waals surface area (Å²) in [6, 6.07) is 0. The first-order valence-corrected chi connectivity index (χ1v) is 7.19. The van der Waals surface area contributed by atoms with Crippen LogP contribution in [0.4, 0.5) is 0 Å². The number of carbonyl (C=O) groups is 1. The quantitative estimate of drug-likeness (QED) is 0.734. The Morgan fingerprint density at radius 2 is 1.90 bits per heavy atom. The van der Waals surface area contributed by atoms with E-state index in [-0.39, 0.29) is 18.0 Å². The van der Waals surface area contributed by atoms with E-state index in [1.165, 1.54) is 5.57 Å². The molecule has 0 aromatic rings. The van der Waals surface area contributed by atoms with Gasteiger partial charge in [-0.15, -0.1) is 0 Å². The Hall–Kier alpha value is -1.19. The second-order valence-electron chi connectivity index (χ2n) is 6.32. The van der Waals surface area contributed by atoms with Crippen molar-refractivity contribution in [2.45, 2.75) is 65.5 Å². The van der Waals surface area contributed by atoms with Gasteiger partial charge in [0, 0.05) is 6.42 Å². The highest BCUT2D eigenvalue weighted by atomic mass is 16.8. The first-order valence-electron chi connectivity index (χ1n) is 7.19. The van der Waals surface area contributed by atoms with E-state index in [4.69, 9.17) is 9.47 Å². The zero-order valence-corrected chi connectivity index (χ0v) is 13.0. The summed E-state index contributed by atoms with van der Waals surface area (Å²) in [6.45, 7) is 9.81. The third kappa shape index (κ3) is 3.47. The number of fused-ring (bicyclic) bond motifs is 1. The average molecular weight is 276 g/mol. The van der Waals surface area contributed by atoms with E-state index in [0.717, 1.165) is 17.6 Å². The zero-order chi connectivity index (χ0) is 14.9. The van der Waals surface area contributed by atoms with Crippen LogP contribution in [0.3, 0.4) is 0 Å². The normalized spacial score (nSPS) is 27.4. The lowest BCUT2D eigenvalue weighted by Gasteiger charge is -2.23. The smallest absolute Gasteiger partial charge is 0.164 e. The van der Waals surface area contributed by atoms with E-state index in [2.05, 4.69) is 19.1 Å². The minimum absolute atomic E-state index is 0.0106. The molecular weight excluding hydrogens is 252 g/mol. The minimum Gasteiger partial charge on any atom is -0.340 e. The van der Waals surface area contributed by atoms with Crippen molar-refractivity contribution in [3.8, 4) is 0 Å². The van der Waals surface area contributed by atoms with Gasteiger partial charge in [0.05, 0.1) is 0 Å². The molecule has 1 heterocycles. The third-order valence-corrected chi connectivity index (χ3v) is 3.58. The Morgan fingerprint density at radius 1 is 1.25 bits per heavy atom. The Morgan fingerprint density at radius 3 is 2.55 bits per heavy atom. The van der Waals surface area contributed by atoms with Crippen molar-refractivity contribution in [1.29, 1.82) is 0 Å². The van der Waals surface area contributed by atoms with Gasteiger partial charge in [0.2, 0.25) is 0 Å². The van der Waals surface area contributed by atoms with Crippen LogP contribution < -0.4 is 0 Å². The Bertz CT molecular complexity index is 490. The molecule has 3 nitrogen and oxygen atoms in total. The maximum Gasteiger partial charge on any atom is 0.164 e. The molecule has 0 saturated carbocycles. The van der Waals surface area contributed by atoms with Crippen molar-refractivity contribution in [3.63, 3.8) is 0 Å². The van der Waals surface area contributed by atoms with Crippen LogP contribution in [0.5, 0.6) is 0 Å². The minimum atomic E-state index is -0.558. The molecule has 110 valence electrons. The number of ketones is 1. The van der Waals surface area contributed by atoms with Crippen LogP contribution >= 0.6 is 0 Å². The highest BCUT2D eigenvalue weighted by molar-refractivity contribution is 5.90. The first kappa shape index (κ1) is 15.2. The SMILES string of the molecule is CC(C)=CC(=O)CCC1=CC=C(C)[C@@H]2OC(C)(C)O[C@H]12. The monoisotopic (exact) mass is 276 g/mol. The maximum atomic E-state index is 11.8. The molecule has 0 radical (unpaired) electrons. The van der Waals surface area contributed by atoms with Crippen LogP contribution in [0.15, 0.2) is 34.9 Å². The van der Waals surface area contributed by atoms with Gasteiger partial charge in [-0.1, -0.05) is 17.7 Å². The summed E-state index contributed by atoms with van der Waals surface area (Å²) in [7, 11) is 0. The average Bonchev–Trinajstić information content (AvgIpc) is 2.64. The fourth-order valence-corrected chi connectivity index (χ4v) is 2.68. The van der Waals surface area contributed by atoms with Gasteiger partial charge in [-0.25, -0.2) is 0 Å². The third-order valence-electron chi connectivity index (χ3n) is 3.58. The molecule has 1 aliphatic heterocycles. The molecule has 0 amide bonds. The van der Waals surface area contributed by atoms with E-state index in [1.807, 2.05) is 27.7 Å². The first-order chi connectivity index (χ1) is 9.28. The number of rotatable bonds is 4. The standard InChI is InChI=1S/C17H24O3/c1-11(2)10-14(18)9-8-13-7-6-12(3)15-16(13)20-17(4,5)19-15/h6-7,10,15-16H,8-9H2,1-5H3/t15-,16+/m0/s1. The van der Waals surface area contributed by atoms with Crippen molar-refractivity contribution in [2.24, 2.45) is 0 Å². The molecular formula is C17H24O3. The summed E-state index contributed by atoms with van der Waals surface area (Å²) < 4.78 is 11.9. The summed E-state index contributed by atoms with van der Waals surface area (Å²) in [5.74, 6) is -0.385. The van der Waals surface area contributed by atoms with Crippen LogP contribution in [-0.4, -0.2) is 23.8 Å². The Balaban J connectivity index is 2.05. The van der Waals surface area contributed by atoms with Crippen LogP contribution in [-0.2, 0) is 14.3 Å². The molecule has 2 aliphatic rings. The highest BCUT2D eigenvalue weighted by Gasteiger charge is 2.44. The largest absolute Gasteiger partial charge is 0.340 e. The lowest BCUT2D eigenvalue weighted by atomic mass is 9.90. The van der Waals surface area contributed by atoms with E-state index in [1.54, 1.807) is 6.08 Å². The molecule has 0 unspecified atom stereocenters. The molecule has 1 aliphatic carbocycles. The summed E-state index contributed by atoms with van der Waals surface area (Å²) in [5.41, 5.74) is 3.38. The predicted molar refractivity (Wildman–Crippen MR) is 79.3 cm³/mol. The van der Waals surface area contributed by atoms with Crippen molar-refractivity contribution in [2.75, 3.05) is 0 Å². The van der Waals surface area contributed by atoms with Gasteiger partial charge >= 0.3 is 0 Å². The molecule has 1 saturated heterocycles. The van der Waals surface area contributed by atoms with E-state index in [9.17, 15) is 4.79 Å². The van der Waals surface area contributed by atoms with Gasteiger partial charge in [-0.05, 0) is 58.3 Å². The summed E-state index contributed by atoms with van der Waals surface area (Å²) in [5, 5.41) is 0. The van der Waals surface area contributed by atoms with Crippen LogP contribution in [0.2, 0.25) is 0 Å². The van der Waals surface area contributed by atoms with Crippen LogP contribution in [0.1, 0.15) is 47.5 Å². The van der Waals surface area contributed by atoms with Crippen LogP contribution in [0, 0.1) is 0 Å². The highest BCUT2D eigenvalue weighted by Crippen LogP contribution is 2.38. The van der Waals surface area contributed by atoms with Gasteiger partial charge in [0.25, 0.3) is 0 Å². The molecule has 3 heteroatoms. The molecule has 2 rings (SSSR count). The molecule has 0 spiro atoms. The fourth-order valence-electron chi connectivity index (χ4n) is 2.68. The molecule has 0 N–H and O–H groups in total.